The lowest BCUT2D eigenvalue weighted by Crippen LogP contribution is -2.07. The molecule has 1 aromatic carbocycles. The molecule has 0 unspecified atom stereocenters. The maximum absolute atomic E-state index is 10.9. The molecule has 6 nitrogen and oxygen atoms in total. The molecule has 6 heteroatoms. The Balaban J connectivity index is 3.01. The molecule has 0 bridgehead atoms. The number of carbonyl (C=O) groups is 2. The minimum atomic E-state index is -1.09. The minimum absolute atomic E-state index is 0.229. The number of methoxy groups -OCH3 is 2. The second kappa shape index (κ2) is 6.29. The number of aliphatic carboxylic acids is 1. The number of carboxylic acid groups (broad SMARTS) is 1. The Kier molecular flexibility index (Phi) is 4.74. The van der Waals surface area contributed by atoms with E-state index in [0.29, 0.717) is 11.3 Å². The number of carbonyl (C=O) groups excluding carboxylic acids is 1. The Morgan fingerprint density at radius 3 is 2.56 bits per heavy atom. The summed E-state index contributed by atoms with van der Waals surface area (Å²) in [7, 11) is 2.64. The summed E-state index contributed by atoms with van der Waals surface area (Å²) in [5.41, 5.74) is 0.473. The van der Waals surface area contributed by atoms with Crippen molar-refractivity contribution in [2.45, 2.75) is 0 Å². The Bertz CT molecular complexity index is 477. The van der Waals surface area contributed by atoms with E-state index in [4.69, 9.17) is 14.6 Å². The molecule has 0 spiro atoms. The van der Waals surface area contributed by atoms with Gasteiger partial charge in [0.1, 0.15) is 11.5 Å². The van der Waals surface area contributed by atoms with Crippen LogP contribution in [0.15, 0.2) is 24.3 Å². The van der Waals surface area contributed by atoms with Crippen LogP contribution < -0.4 is 9.47 Å². The summed E-state index contributed by atoms with van der Waals surface area (Å²) in [5, 5.41) is 8.56. The smallest absolute Gasteiger partial charge is 0.496 e. The SMILES string of the molecule is COC(=O)Oc1ccc(OC)c(/C=C/C(=O)O)c1. The van der Waals surface area contributed by atoms with Gasteiger partial charge in [-0.2, -0.15) is 0 Å². The van der Waals surface area contributed by atoms with Crippen molar-refractivity contribution < 1.29 is 28.9 Å². The predicted octanol–water partition coefficient (Wildman–Crippen LogP) is 1.94. The van der Waals surface area contributed by atoms with Crippen molar-refractivity contribution in [2.75, 3.05) is 14.2 Å². The van der Waals surface area contributed by atoms with Crippen molar-refractivity contribution in [3.05, 3.63) is 29.8 Å². The van der Waals surface area contributed by atoms with Gasteiger partial charge in [-0.3, -0.25) is 0 Å². The number of hydrogen-bond acceptors (Lipinski definition) is 5. The lowest BCUT2D eigenvalue weighted by molar-refractivity contribution is -0.131. The van der Waals surface area contributed by atoms with E-state index in [1.807, 2.05) is 0 Å². The van der Waals surface area contributed by atoms with Crippen LogP contribution >= 0.6 is 0 Å². The second-order valence-electron chi connectivity index (χ2n) is 3.13. The topological polar surface area (TPSA) is 82.1 Å². The Morgan fingerprint density at radius 2 is 2.00 bits per heavy atom. The lowest BCUT2D eigenvalue weighted by Gasteiger charge is -2.07. The Morgan fingerprint density at radius 1 is 1.28 bits per heavy atom. The molecule has 0 atom stereocenters. The maximum atomic E-state index is 10.9. The van der Waals surface area contributed by atoms with Gasteiger partial charge in [-0.05, 0) is 24.3 Å². The van der Waals surface area contributed by atoms with Gasteiger partial charge in [0.2, 0.25) is 0 Å². The third-order valence-electron chi connectivity index (χ3n) is 1.97. The van der Waals surface area contributed by atoms with Gasteiger partial charge in [-0.15, -0.1) is 0 Å². The van der Waals surface area contributed by atoms with Gasteiger partial charge in [0.05, 0.1) is 14.2 Å². The summed E-state index contributed by atoms with van der Waals surface area (Å²) < 4.78 is 14.2. The number of hydrogen-bond donors (Lipinski definition) is 1. The average molecular weight is 252 g/mol. The van der Waals surface area contributed by atoms with Crippen LogP contribution in [0.25, 0.3) is 6.08 Å². The first-order valence-electron chi connectivity index (χ1n) is 4.91. The van der Waals surface area contributed by atoms with Gasteiger partial charge in [-0.1, -0.05) is 0 Å². The fourth-order valence-electron chi connectivity index (χ4n) is 1.21. The van der Waals surface area contributed by atoms with Crippen LogP contribution in [0.4, 0.5) is 4.79 Å². The molecular weight excluding hydrogens is 240 g/mol. The highest BCUT2D eigenvalue weighted by Crippen LogP contribution is 2.25. The maximum Gasteiger partial charge on any atom is 0.513 e. The number of carboxylic acids is 1. The van der Waals surface area contributed by atoms with Crippen molar-refractivity contribution in [3.63, 3.8) is 0 Å². The van der Waals surface area contributed by atoms with E-state index >= 15 is 0 Å². The third-order valence-corrected chi connectivity index (χ3v) is 1.97. The molecule has 0 heterocycles. The molecule has 18 heavy (non-hydrogen) atoms. The third kappa shape index (κ3) is 3.82. The molecular formula is C12H12O6. The normalized spacial score (nSPS) is 10.1. The van der Waals surface area contributed by atoms with Crippen LogP contribution in [-0.4, -0.2) is 31.5 Å². The fraction of sp³-hybridized carbons (Fsp3) is 0.167. The number of benzene rings is 1. The molecule has 0 saturated carbocycles. The second-order valence-corrected chi connectivity index (χ2v) is 3.13. The number of rotatable bonds is 4. The monoisotopic (exact) mass is 252 g/mol. The molecule has 0 amide bonds. The molecule has 96 valence electrons. The van der Waals surface area contributed by atoms with E-state index in [1.165, 1.54) is 32.4 Å². The molecule has 0 aliphatic heterocycles. The quantitative estimate of drug-likeness (QED) is 0.501. The summed E-state index contributed by atoms with van der Waals surface area (Å²) in [4.78, 5) is 21.4. The summed E-state index contributed by atoms with van der Waals surface area (Å²) >= 11 is 0. The largest absolute Gasteiger partial charge is 0.513 e. The van der Waals surface area contributed by atoms with Crippen molar-refractivity contribution >= 4 is 18.2 Å². The van der Waals surface area contributed by atoms with Crippen molar-refractivity contribution in [3.8, 4) is 11.5 Å². The number of ether oxygens (including phenoxy) is 3. The highest BCUT2D eigenvalue weighted by Gasteiger charge is 2.07. The van der Waals surface area contributed by atoms with Gasteiger partial charge in [0, 0.05) is 11.6 Å². The molecule has 0 aliphatic carbocycles. The van der Waals surface area contributed by atoms with Crippen LogP contribution in [0, 0.1) is 0 Å². The molecule has 0 aliphatic rings. The molecule has 1 N–H and O–H groups in total. The molecule has 0 saturated heterocycles. The van der Waals surface area contributed by atoms with E-state index in [0.717, 1.165) is 6.08 Å². The average Bonchev–Trinajstić information content (AvgIpc) is 2.36. The first kappa shape index (κ1) is 13.6. The zero-order chi connectivity index (χ0) is 13.5. The minimum Gasteiger partial charge on any atom is -0.496 e. The highest BCUT2D eigenvalue weighted by molar-refractivity contribution is 5.86. The summed E-state index contributed by atoms with van der Waals surface area (Å²) in [6.07, 6.45) is 1.44. The van der Waals surface area contributed by atoms with Crippen LogP contribution in [0.5, 0.6) is 11.5 Å². The highest BCUT2D eigenvalue weighted by atomic mass is 16.7. The van der Waals surface area contributed by atoms with E-state index in [9.17, 15) is 9.59 Å². The summed E-state index contributed by atoms with van der Waals surface area (Å²) in [6, 6.07) is 4.53. The standard InChI is InChI=1S/C12H12O6/c1-16-10-5-4-9(18-12(15)17-2)7-8(10)3-6-11(13)14/h3-7H,1-2H3,(H,13,14)/b6-3+. The van der Waals surface area contributed by atoms with E-state index in [-0.39, 0.29) is 5.75 Å². The molecule has 1 aromatic rings. The van der Waals surface area contributed by atoms with Crippen molar-refractivity contribution in [1.29, 1.82) is 0 Å². The molecule has 0 fully saturated rings. The van der Waals surface area contributed by atoms with Gasteiger partial charge in [-0.25, -0.2) is 9.59 Å². The lowest BCUT2D eigenvalue weighted by atomic mass is 10.1. The molecule has 0 aromatic heterocycles. The van der Waals surface area contributed by atoms with Crippen LogP contribution in [0.2, 0.25) is 0 Å². The predicted molar refractivity (Wildman–Crippen MR) is 62.7 cm³/mol. The Hall–Kier alpha value is -2.50. The van der Waals surface area contributed by atoms with Crippen molar-refractivity contribution in [1.82, 2.24) is 0 Å². The summed E-state index contributed by atoms with van der Waals surface area (Å²) in [6.45, 7) is 0. The molecule has 1 rings (SSSR count). The zero-order valence-electron chi connectivity index (χ0n) is 9.88. The summed E-state index contributed by atoms with van der Waals surface area (Å²) in [5.74, 6) is -0.395. The zero-order valence-corrected chi connectivity index (χ0v) is 9.88. The van der Waals surface area contributed by atoms with Crippen LogP contribution in [0.1, 0.15) is 5.56 Å². The first-order chi connectivity index (χ1) is 8.56. The Labute approximate surface area is 103 Å². The van der Waals surface area contributed by atoms with Gasteiger partial charge in [0.25, 0.3) is 0 Å². The fourth-order valence-corrected chi connectivity index (χ4v) is 1.21. The van der Waals surface area contributed by atoms with Gasteiger partial charge >= 0.3 is 12.1 Å². The van der Waals surface area contributed by atoms with E-state index in [1.54, 1.807) is 6.07 Å². The van der Waals surface area contributed by atoms with E-state index < -0.39 is 12.1 Å². The van der Waals surface area contributed by atoms with E-state index in [2.05, 4.69) is 4.74 Å². The van der Waals surface area contributed by atoms with Gasteiger partial charge < -0.3 is 19.3 Å². The molecule has 0 radical (unpaired) electrons. The van der Waals surface area contributed by atoms with Crippen LogP contribution in [-0.2, 0) is 9.53 Å². The van der Waals surface area contributed by atoms with Crippen molar-refractivity contribution in [2.24, 2.45) is 0 Å². The van der Waals surface area contributed by atoms with Crippen LogP contribution in [0.3, 0.4) is 0 Å². The first-order valence-corrected chi connectivity index (χ1v) is 4.91. The van der Waals surface area contributed by atoms with Gasteiger partial charge in [0.15, 0.2) is 0 Å².